The molecule has 7 atom stereocenters. The molecule has 1 aromatic heterocycles. The van der Waals surface area contributed by atoms with E-state index in [1.54, 1.807) is 12.3 Å². The van der Waals surface area contributed by atoms with Crippen LogP contribution in [-0.2, 0) is 33.3 Å². The number of epoxide rings is 1. The average Bonchev–Trinajstić information content (AvgIpc) is 3.33. The van der Waals surface area contributed by atoms with Gasteiger partial charge in [-0.2, -0.15) is 0 Å². The van der Waals surface area contributed by atoms with Crippen LogP contribution in [0.1, 0.15) is 71.5 Å². The molecular weight excluding hydrogens is 456 g/mol. The first kappa shape index (κ1) is 25.7. The van der Waals surface area contributed by atoms with E-state index in [-0.39, 0.29) is 25.0 Å². The van der Waals surface area contributed by atoms with Crippen LogP contribution in [0.4, 0.5) is 0 Å². The summed E-state index contributed by atoms with van der Waals surface area (Å²) >= 11 is 0. The molecular formula is C26H36O9. The summed E-state index contributed by atoms with van der Waals surface area (Å²) in [6, 6.07) is 1.76. The Morgan fingerprint density at radius 3 is 2.40 bits per heavy atom. The topological polar surface area (TPSA) is 125 Å². The summed E-state index contributed by atoms with van der Waals surface area (Å²) < 4.78 is 28.4. The van der Waals surface area contributed by atoms with E-state index in [4.69, 9.17) is 23.4 Å². The van der Waals surface area contributed by atoms with Gasteiger partial charge in [-0.3, -0.25) is 14.4 Å². The SMILES string of the molecule is CC(=O)OC[C@]1(CC(OC(C)=O)c2ccoc2)[C@H](C)C[C@H](O)[C@]2(COC(C)=O)[C@@H]1CCC[C@]21CO1. The Kier molecular flexibility index (Phi) is 7.03. The summed E-state index contributed by atoms with van der Waals surface area (Å²) in [5.74, 6) is -1.57. The predicted octanol–water partition coefficient (Wildman–Crippen LogP) is 3.34. The van der Waals surface area contributed by atoms with Gasteiger partial charge in [-0.15, -0.1) is 0 Å². The molecule has 2 aliphatic carbocycles. The standard InChI is InChI=1S/C26H36O9/c1-16-10-23(30)26(15-33-18(3)28)22(6-5-8-25(26)14-34-25)24(16,13-32-17(2)27)11-21(35-19(4)29)20-7-9-31-12-20/h7,9,12,16,21-23,30H,5-6,8,10-11,13-15H2,1-4H3/t16-,21?,22-,23+,24-,25+,26+/m1/s1. The van der Waals surface area contributed by atoms with E-state index in [9.17, 15) is 19.5 Å². The number of ether oxygens (including phenoxy) is 4. The van der Waals surface area contributed by atoms with Gasteiger partial charge in [0.05, 0.1) is 37.3 Å². The summed E-state index contributed by atoms with van der Waals surface area (Å²) in [7, 11) is 0. The van der Waals surface area contributed by atoms with E-state index in [2.05, 4.69) is 0 Å². The van der Waals surface area contributed by atoms with E-state index in [1.165, 1.54) is 27.0 Å². The van der Waals surface area contributed by atoms with Crippen molar-refractivity contribution in [3.05, 3.63) is 24.2 Å². The lowest BCUT2D eigenvalue weighted by molar-refractivity contribution is -0.238. The highest BCUT2D eigenvalue weighted by atomic mass is 16.6. The number of esters is 3. The highest BCUT2D eigenvalue weighted by Gasteiger charge is 2.75. The third kappa shape index (κ3) is 4.48. The second-order valence-electron chi connectivity index (χ2n) is 10.6. The van der Waals surface area contributed by atoms with Gasteiger partial charge in [-0.1, -0.05) is 13.3 Å². The van der Waals surface area contributed by atoms with Crippen molar-refractivity contribution in [2.45, 2.75) is 77.6 Å². The van der Waals surface area contributed by atoms with E-state index < -0.39 is 46.5 Å². The Morgan fingerprint density at radius 2 is 1.83 bits per heavy atom. The zero-order chi connectivity index (χ0) is 25.4. The van der Waals surface area contributed by atoms with Crippen molar-refractivity contribution >= 4 is 17.9 Å². The Morgan fingerprint density at radius 1 is 1.14 bits per heavy atom. The zero-order valence-corrected chi connectivity index (χ0v) is 20.9. The molecule has 0 aromatic carbocycles. The summed E-state index contributed by atoms with van der Waals surface area (Å²) in [6.45, 7) is 6.72. The first-order valence-electron chi connectivity index (χ1n) is 12.3. The smallest absolute Gasteiger partial charge is 0.303 e. The lowest BCUT2D eigenvalue weighted by Crippen LogP contribution is -2.68. The normalized spacial score (nSPS) is 36.7. The van der Waals surface area contributed by atoms with Gasteiger partial charge in [0.25, 0.3) is 0 Å². The maximum absolute atomic E-state index is 12.1. The molecule has 2 heterocycles. The van der Waals surface area contributed by atoms with Gasteiger partial charge in [-0.05, 0) is 43.6 Å². The average molecular weight is 493 g/mol. The maximum atomic E-state index is 12.1. The van der Waals surface area contributed by atoms with Crippen LogP contribution in [0.3, 0.4) is 0 Å². The fourth-order valence-corrected chi connectivity index (χ4v) is 7.02. The Bertz CT molecular complexity index is 937. The highest BCUT2D eigenvalue weighted by Crippen LogP contribution is 2.69. The van der Waals surface area contributed by atoms with Gasteiger partial charge >= 0.3 is 17.9 Å². The number of carbonyl (C=O) groups excluding carboxylic acids is 3. The van der Waals surface area contributed by atoms with Crippen molar-refractivity contribution < 1.29 is 42.9 Å². The van der Waals surface area contributed by atoms with Crippen LogP contribution in [-0.4, -0.2) is 54.5 Å². The number of rotatable bonds is 8. The number of hydrogen-bond acceptors (Lipinski definition) is 9. The van der Waals surface area contributed by atoms with Gasteiger partial charge < -0.3 is 28.5 Å². The number of furan rings is 1. The van der Waals surface area contributed by atoms with Crippen LogP contribution in [0.15, 0.2) is 23.0 Å². The van der Waals surface area contributed by atoms with Crippen molar-refractivity contribution in [1.82, 2.24) is 0 Å². The molecule has 1 aromatic rings. The quantitative estimate of drug-likeness (QED) is 0.330. The van der Waals surface area contributed by atoms with Crippen LogP contribution in [0.2, 0.25) is 0 Å². The lowest BCUT2D eigenvalue weighted by atomic mass is 9.42. The Hall–Kier alpha value is -2.39. The third-order valence-electron chi connectivity index (χ3n) is 8.73. The molecule has 1 N–H and O–H groups in total. The second kappa shape index (κ2) is 9.58. The molecule has 1 saturated heterocycles. The lowest BCUT2D eigenvalue weighted by Gasteiger charge is -2.63. The van der Waals surface area contributed by atoms with Crippen molar-refractivity contribution in [2.24, 2.45) is 22.7 Å². The maximum Gasteiger partial charge on any atom is 0.303 e. The molecule has 2 saturated carbocycles. The molecule has 9 nitrogen and oxygen atoms in total. The van der Waals surface area contributed by atoms with E-state index in [0.717, 1.165) is 19.3 Å². The van der Waals surface area contributed by atoms with Gasteiger partial charge in [0.2, 0.25) is 0 Å². The van der Waals surface area contributed by atoms with Crippen molar-refractivity contribution in [3.8, 4) is 0 Å². The van der Waals surface area contributed by atoms with Gasteiger partial charge in [0, 0.05) is 31.7 Å². The molecule has 0 radical (unpaired) electrons. The molecule has 1 unspecified atom stereocenters. The van der Waals surface area contributed by atoms with Crippen LogP contribution >= 0.6 is 0 Å². The molecule has 3 fully saturated rings. The molecule has 1 spiro atoms. The van der Waals surface area contributed by atoms with E-state index in [1.807, 2.05) is 6.92 Å². The number of aliphatic hydroxyl groups excluding tert-OH is 1. The fraction of sp³-hybridized carbons (Fsp3) is 0.731. The minimum atomic E-state index is -0.860. The van der Waals surface area contributed by atoms with Crippen molar-refractivity contribution in [2.75, 3.05) is 19.8 Å². The number of hydrogen-bond donors (Lipinski definition) is 1. The number of carbonyl (C=O) groups is 3. The monoisotopic (exact) mass is 492 g/mol. The molecule has 1 aliphatic heterocycles. The van der Waals surface area contributed by atoms with Crippen molar-refractivity contribution in [3.63, 3.8) is 0 Å². The highest BCUT2D eigenvalue weighted by molar-refractivity contribution is 5.67. The number of aliphatic hydroxyl groups is 1. The van der Waals surface area contributed by atoms with E-state index in [0.29, 0.717) is 25.0 Å². The molecule has 3 aliphatic rings. The van der Waals surface area contributed by atoms with Crippen LogP contribution in [0.5, 0.6) is 0 Å². The molecule has 35 heavy (non-hydrogen) atoms. The molecule has 0 bridgehead atoms. The third-order valence-corrected chi connectivity index (χ3v) is 8.73. The largest absolute Gasteiger partial charge is 0.472 e. The Balaban J connectivity index is 1.83. The second-order valence-corrected chi connectivity index (χ2v) is 10.6. The summed E-state index contributed by atoms with van der Waals surface area (Å²) in [4.78, 5) is 36.0. The predicted molar refractivity (Wildman–Crippen MR) is 122 cm³/mol. The zero-order valence-electron chi connectivity index (χ0n) is 20.9. The van der Waals surface area contributed by atoms with Gasteiger partial charge in [0.1, 0.15) is 18.3 Å². The Labute approximate surface area is 205 Å². The molecule has 9 heteroatoms. The van der Waals surface area contributed by atoms with Crippen LogP contribution < -0.4 is 0 Å². The fourth-order valence-electron chi connectivity index (χ4n) is 7.02. The van der Waals surface area contributed by atoms with Gasteiger partial charge in [0.15, 0.2) is 0 Å². The summed E-state index contributed by atoms with van der Waals surface area (Å²) in [5, 5.41) is 11.6. The molecule has 194 valence electrons. The first-order valence-corrected chi connectivity index (χ1v) is 12.3. The van der Waals surface area contributed by atoms with Crippen LogP contribution in [0, 0.1) is 22.7 Å². The summed E-state index contributed by atoms with van der Waals surface area (Å²) in [6.07, 6.45) is 4.78. The molecule has 0 amide bonds. The van der Waals surface area contributed by atoms with Crippen LogP contribution in [0.25, 0.3) is 0 Å². The minimum absolute atomic E-state index is 0.0205. The van der Waals surface area contributed by atoms with Crippen molar-refractivity contribution in [1.29, 1.82) is 0 Å². The minimum Gasteiger partial charge on any atom is -0.472 e. The number of fused-ring (bicyclic) bond motifs is 2. The van der Waals surface area contributed by atoms with E-state index >= 15 is 0 Å². The summed E-state index contributed by atoms with van der Waals surface area (Å²) in [5.41, 5.74) is -1.43. The first-order chi connectivity index (χ1) is 16.6. The van der Waals surface area contributed by atoms with Gasteiger partial charge in [-0.25, -0.2) is 0 Å². The molecule has 4 rings (SSSR count).